The van der Waals surface area contributed by atoms with Crippen molar-refractivity contribution in [1.82, 2.24) is 0 Å². The van der Waals surface area contributed by atoms with Gasteiger partial charge in [0, 0.05) is 11.2 Å². The molecule has 1 aromatic carbocycles. The van der Waals surface area contributed by atoms with E-state index in [4.69, 9.17) is 4.74 Å². The summed E-state index contributed by atoms with van der Waals surface area (Å²) in [6.07, 6.45) is 0. The summed E-state index contributed by atoms with van der Waals surface area (Å²) in [4.78, 5) is 11.9. The van der Waals surface area contributed by atoms with Crippen molar-refractivity contribution in [3.8, 4) is 5.75 Å². The molecule has 0 radical (unpaired) electrons. The van der Waals surface area contributed by atoms with Crippen LogP contribution in [0.1, 0.15) is 18.4 Å². The van der Waals surface area contributed by atoms with Crippen LogP contribution in [-0.2, 0) is 4.79 Å². The number of carbonyl (C=O) groups excluding carboxylic acids is 1. The van der Waals surface area contributed by atoms with Crippen molar-refractivity contribution in [2.24, 2.45) is 0 Å². The van der Waals surface area contributed by atoms with Crippen molar-refractivity contribution in [3.05, 3.63) is 41.0 Å². The van der Waals surface area contributed by atoms with Crippen LogP contribution in [-0.4, -0.2) is 23.1 Å². The van der Waals surface area contributed by atoms with Crippen LogP contribution in [0.3, 0.4) is 0 Å². The van der Waals surface area contributed by atoms with Crippen LogP contribution < -0.4 is 4.74 Å². The summed E-state index contributed by atoms with van der Waals surface area (Å²) in [7, 11) is 1.65. The number of halogens is 2. The molecule has 0 spiro atoms. The molecule has 1 aromatic rings. The van der Waals surface area contributed by atoms with Crippen LogP contribution >= 0.6 is 31.9 Å². The number of benzene rings is 1. The number of alkyl halides is 2. The van der Waals surface area contributed by atoms with Crippen molar-refractivity contribution >= 4 is 37.6 Å². The van der Waals surface area contributed by atoms with Gasteiger partial charge in [-0.3, -0.25) is 4.79 Å². The Kier molecular flexibility index (Phi) is 4.28. The molecule has 0 unspecified atom stereocenters. The zero-order valence-electron chi connectivity index (χ0n) is 10.2. The fourth-order valence-corrected chi connectivity index (χ4v) is 4.03. The van der Waals surface area contributed by atoms with E-state index in [0.717, 1.165) is 27.8 Å². The summed E-state index contributed by atoms with van der Waals surface area (Å²) >= 11 is 7.00. The van der Waals surface area contributed by atoms with Gasteiger partial charge in [-0.15, -0.1) is 0 Å². The number of carbonyl (C=O) groups is 1. The van der Waals surface area contributed by atoms with E-state index in [9.17, 15) is 4.79 Å². The monoisotopic (exact) mass is 372 g/mol. The lowest BCUT2D eigenvalue weighted by Crippen LogP contribution is -2.16. The first kappa shape index (κ1) is 13.8. The van der Waals surface area contributed by atoms with Crippen molar-refractivity contribution in [2.75, 3.05) is 12.4 Å². The molecule has 96 valence electrons. The third kappa shape index (κ3) is 2.28. The molecular formula is C14H14Br2O2. The average Bonchev–Trinajstić information content (AvgIpc) is 2.63. The number of hydrogen-bond donors (Lipinski definition) is 0. The first-order valence-corrected chi connectivity index (χ1v) is 7.71. The molecule has 0 bridgehead atoms. The van der Waals surface area contributed by atoms with E-state index in [2.05, 4.69) is 31.9 Å². The molecular weight excluding hydrogens is 360 g/mol. The van der Waals surface area contributed by atoms with Crippen molar-refractivity contribution < 1.29 is 9.53 Å². The predicted octanol–water partition coefficient (Wildman–Crippen LogP) is 3.84. The summed E-state index contributed by atoms with van der Waals surface area (Å²) in [6.45, 7) is 1.90. The fraction of sp³-hybridized carbons (Fsp3) is 0.357. The minimum Gasteiger partial charge on any atom is -0.497 e. The zero-order valence-corrected chi connectivity index (χ0v) is 13.4. The summed E-state index contributed by atoms with van der Waals surface area (Å²) in [5.41, 5.74) is 3.17. The maximum absolute atomic E-state index is 12.0. The smallest absolute Gasteiger partial charge is 0.173 e. The largest absolute Gasteiger partial charge is 0.497 e. The van der Waals surface area contributed by atoms with Crippen LogP contribution in [0.2, 0.25) is 0 Å². The van der Waals surface area contributed by atoms with Gasteiger partial charge in [0.2, 0.25) is 0 Å². The van der Waals surface area contributed by atoms with Gasteiger partial charge in [0.25, 0.3) is 0 Å². The van der Waals surface area contributed by atoms with Crippen LogP contribution in [0.15, 0.2) is 35.4 Å². The van der Waals surface area contributed by atoms with Crippen LogP contribution in [0, 0.1) is 0 Å². The fourth-order valence-electron chi connectivity index (χ4n) is 2.29. The van der Waals surface area contributed by atoms with Gasteiger partial charge in [-0.2, -0.15) is 0 Å². The molecule has 18 heavy (non-hydrogen) atoms. The highest BCUT2D eigenvalue weighted by atomic mass is 79.9. The molecule has 1 aliphatic rings. The van der Waals surface area contributed by atoms with E-state index in [1.165, 1.54) is 0 Å². The van der Waals surface area contributed by atoms with Gasteiger partial charge in [0.05, 0.1) is 11.9 Å². The summed E-state index contributed by atoms with van der Waals surface area (Å²) in [6, 6.07) is 7.90. The minimum absolute atomic E-state index is 0.114. The maximum Gasteiger partial charge on any atom is 0.173 e. The Morgan fingerprint density at radius 3 is 2.39 bits per heavy atom. The Morgan fingerprint density at radius 1 is 1.28 bits per heavy atom. The van der Waals surface area contributed by atoms with Gasteiger partial charge >= 0.3 is 0 Å². The van der Waals surface area contributed by atoms with E-state index < -0.39 is 0 Å². The topological polar surface area (TPSA) is 26.3 Å². The third-order valence-electron chi connectivity index (χ3n) is 3.39. The van der Waals surface area contributed by atoms with Crippen molar-refractivity contribution in [3.63, 3.8) is 0 Å². The van der Waals surface area contributed by atoms with E-state index in [1.54, 1.807) is 7.11 Å². The van der Waals surface area contributed by atoms with Crippen LogP contribution in [0.5, 0.6) is 5.75 Å². The van der Waals surface area contributed by atoms with E-state index in [1.807, 2.05) is 31.2 Å². The molecule has 0 heterocycles. The molecule has 0 saturated carbocycles. The first-order valence-electron chi connectivity index (χ1n) is 5.68. The highest BCUT2D eigenvalue weighted by Gasteiger charge is 2.38. The molecule has 0 fully saturated rings. The molecule has 0 aliphatic heterocycles. The lowest BCUT2D eigenvalue weighted by atomic mass is 9.93. The molecule has 4 heteroatoms. The summed E-state index contributed by atoms with van der Waals surface area (Å²) in [5, 5.41) is 0.726. The van der Waals surface area contributed by atoms with Crippen molar-refractivity contribution in [1.29, 1.82) is 0 Å². The molecule has 2 atom stereocenters. The van der Waals surface area contributed by atoms with Gasteiger partial charge in [-0.1, -0.05) is 44.0 Å². The summed E-state index contributed by atoms with van der Waals surface area (Å²) < 4.78 is 5.15. The Morgan fingerprint density at radius 2 is 1.89 bits per heavy atom. The number of methoxy groups -OCH3 is 1. The molecule has 0 aromatic heterocycles. The maximum atomic E-state index is 12.0. The van der Waals surface area contributed by atoms with Gasteiger partial charge in [-0.05, 0) is 35.8 Å². The quantitative estimate of drug-likeness (QED) is 0.752. The number of hydrogen-bond acceptors (Lipinski definition) is 2. The van der Waals surface area contributed by atoms with Crippen LogP contribution in [0.4, 0.5) is 0 Å². The standard InChI is InChI=1S/C14H14Br2O2/c1-8-11(7-15)12(13(16)14(8)17)9-3-5-10(18-2)6-4-9/h3-6,12-13H,7H2,1-2H3/t12-,13+/m0/s1. The molecule has 2 nitrogen and oxygen atoms in total. The number of rotatable bonds is 3. The molecule has 0 amide bonds. The van der Waals surface area contributed by atoms with Gasteiger partial charge in [0.15, 0.2) is 5.78 Å². The van der Waals surface area contributed by atoms with Crippen molar-refractivity contribution in [2.45, 2.75) is 17.7 Å². The molecule has 2 rings (SSSR count). The predicted molar refractivity (Wildman–Crippen MR) is 80.0 cm³/mol. The lowest BCUT2D eigenvalue weighted by Gasteiger charge is -2.17. The molecule has 0 N–H and O–H groups in total. The number of Topliss-reactive ketones (excluding diaryl/α,β-unsaturated/α-hetero) is 1. The number of ketones is 1. The molecule has 1 aliphatic carbocycles. The van der Waals surface area contributed by atoms with E-state index in [-0.39, 0.29) is 16.5 Å². The SMILES string of the molecule is COc1ccc([C@H]2C(CBr)=C(C)C(=O)[C@@H]2Br)cc1. The third-order valence-corrected chi connectivity index (χ3v) is 4.94. The van der Waals surface area contributed by atoms with Gasteiger partial charge < -0.3 is 4.74 Å². The average molecular weight is 374 g/mol. The second-order valence-corrected chi connectivity index (χ2v) is 5.85. The Hall–Kier alpha value is -0.610. The number of allylic oxidation sites excluding steroid dienone is 2. The highest BCUT2D eigenvalue weighted by Crippen LogP contribution is 2.42. The van der Waals surface area contributed by atoms with Gasteiger partial charge in [-0.25, -0.2) is 0 Å². The second kappa shape index (κ2) is 5.57. The van der Waals surface area contributed by atoms with Gasteiger partial charge in [0.1, 0.15) is 5.75 Å². The zero-order chi connectivity index (χ0) is 13.3. The summed E-state index contributed by atoms with van der Waals surface area (Å²) in [5.74, 6) is 1.13. The number of ether oxygens (including phenoxy) is 1. The Balaban J connectivity index is 2.39. The second-order valence-electron chi connectivity index (χ2n) is 4.30. The van der Waals surface area contributed by atoms with E-state index >= 15 is 0 Å². The van der Waals surface area contributed by atoms with Crippen LogP contribution in [0.25, 0.3) is 0 Å². The Bertz CT molecular complexity index is 491. The van der Waals surface area contributed by atoms with E-state index in [0.29, 0.717) is 0 Å². The first-order chi connectivity index (χ1) is 8.60. The highest BCUT2D eigenvalue weighted by molar-refractivity contribution is 9.10. The lowest BCUT2D eigenvalue weighted by molar-refractivity contribution is -0.114. The Labute approximate surface area is 124 Å². The molecule has 0 saturated heterocycles. The minimum atomic E-state index is -0.154. The normalized spacial score (nSPS) is 23.7.